The van der Waals surface area contributed by atoms with Crippen LogP contribution in [0, 0.1) is 11.5 Å². The monoisotopic (exact) mass is 279 g/mol. The second kappa shape index (κ2) is 5.76. The number of likely N-dealkylation sites (N-methyl/N-ethyl adjacent to an activating group) is 1. The Kier molecular flexibility index (Phi) is 4.07. The van der Waals surface area contributed by atoms with Crippen molar-refractivity contribution in [2.24, 2.45) is 0 Å². The van der Waals surface area contributed by atoms with Crippen LogP contribution in [0.3, 0.4) is 0 Å². The van der Waals surface area contributed by atoms with Crippen LogP contribution in [0.15, 0.2) is 18.3 Å². The molecule has 1 saturated heterocycles. The van der Waals surface area contributed by atoms with Crippen LogP contribution < -0.4 is 5.32 Å². The molecule has 0 bridgehead atoms. The molecule has 2 amide bonds. The van der Waals surface area contributed by atoms with E-state index in [0.717, 1.165) is 6.42 Å². The smallest absolute Gasteiger partial charge is 0.323 e. The fraction of sp³-hybridized carbons (Fsp3) is 0.417. The van der Waals surface area contributed by atoms with Gasteiger partial charge < -0.3 is 9.80 Å². The molecule has 6 nitrogen and oxygen atoms in total. The molecule has 1 atom stereocenters. The molecule has 100 valence electrons. The fourth-order valence-electron chi connectivity index (χ4n) is 1.96. The van der Waals surface area contributed by atoms with Crippen molar-refractivity contribution in [3.8, 4) is 6.19 Å². The highest BCUT2D eigenvalue weighted by Gasteiger charge is 2.27. The quantitative estimate of drug-likeness (QED) is 0.837. The third kappa shape index (κ3) is 3.26. The zero-order valence-electron chi connectivity index (χ0n) is 10.5. The summed E-state index contributed by atoms with van der Waals surface area (Å²) in [5.41, 5.74) is 0. The first-order chi connectivity index (χ1) is 9.10. The standard InChI is InChI=1S/C12H14ClN5O/c1-17(10-4-5-18(7-10)8-14)12(19)16-11-3-2-9(13)6-15-11/h2-3,6,10H,4-5,7H2,1H3,(H,15,16,19). The summed E-state index contributed by atoms with van der Waals surface area (Å²) >= 11 is 5.72. The maximum Gasteiger partial charge on any atom is 0.323 e. The molecule has 0 aliphatic carbocycles. The van der Waals surface area contributed by atoms with Crippen molar-refractivity contribution >= 4 is 23.4 Å². The lowest BCUT2D eigenvalue weighted by atomic mass is 10.2. The van der Waals surface area contributed by atoms with Crippen molar-refractivity contribution in [2.75, 3.05) is 25.5 Å². The number of nitrogens with one attached hydrogen (secondary N) is 1. The number of urea groups is 1. The summed E-state index contributed by atoms with van der Waals surface area (Å²) in [5.74, 6) is 0.455. The number of anilines is 1. The van der Waals surface area contributed by atoms with Crippen LogP contribution >= 0.6 is 11.6 Å². The third-order valence-electron chi connectivity index (χ3n) is 3.14. The van der Waals surface area contributed by atoms with Crippen LogP contribution in [0.5, 0.6) is 0 Å². The minimum Gasteiger partial charge on any atom is -0.323 e. The first-order valence-corrected chi connectivity index (χ1v) is 6.28. The molecule has 1 N–H and O–H groups in total. The molecule has 1 aliphatic heterocycles. The summed E-state index contributed by atoms with van der Waals surface area (Å²) < 4.78 is 0. The number of carbonyl (C=O) groups excluding carboxylic acids is 1. The number of pyridine rings is 1. The number of halogens is 1. The number of hydrogen-bond acceptors (Lipinski definition) is 4. The van der Waals surface area contributed by atoms with Crippen LogP contribution in [0.4, 0.5) is 10.6 Å². The zero-order valence-corrected chi connectivity index (χ0v) is 11.3. The Morgan fingerprint density at radius 3 is 3.05 bits per heavy atom. The van der Waals surface area contributed by atoms with E-state index in [1.807, 2.05) is 0 Å². The topological polar surface area (TPSA) is 72.3 Å². The van der Waals surface area contributed by atoms with Gasteiger partial charge in [-0.25, -0.2) is 9.78 Å². The van der Waals surface area contributed by atoms with Gasteiger partial charge in [-0.15, -0.1) is 0 Å². The van der Waals surface area contributed by atoms with E-state index in [9.17, 15) is 4.79 Å². The first-order valence-electron chi connectivity index (χ1n) is 5.90. The Morgan fingerprint density at radius 1 is 1.68 bits per heavy atom. The molecule has 1 fully saturated rings. The molecular formula is C12H14ClN5O. The summed E-state index contributed by atoms with van der Waals surface area (Å²) in [6, 6.07) is 3.12. The molecule has 0 aromatic carbocycles. The predicted octanol–water partition coefficient (Wildman–Crippen LogP) is 1.75. The average Bonchev–Trinajstić information content (AvgIpc) is 2.89. The lowest BCUT2D eigenvalue weighted by molar-refractivity contribution is 0.205. The molecule has 0 saturated carbocycles. The van der Waals surface area contributed by atoms with Crippen molar-refractivity contribution in [1.82, 2.24) is 14.8 Å². The van der Waals surface area contributed by atoms with Gasteiger partial charge in [0.25, 0.3) is 0 Å². The van der Waals surface area contributed by atoms with Crippen LogP contribution in [-0.2, 0) is 0 Å². The number of aromatic nitrogens is 1. The lowest BCUT2D eigenvalue weighted by Gasteiger charge is -2.24. The number of amides is 2. The van der Waals surface area contributed by atoms with Crippen LogP contribution in [0.1, 0.15) is 6.42 Å². The molecule has 1 unspecified atom stereocenters. The normalized spacial score (nSPS) is 17.9. The van der Waals surface area contributed by atoms with Crippen LogP contribution in [0.25, 0.3) is 0 Å². The average molecular weight is 280 g/mol. The van der Waals surface area contributed by atoms with Gasteiger partial charge in [-0.3, -0.25) is 5.32 Å². The molecule has 1 aromatic heterocycles. The van der Waals surface area contributed by atoms with Gasteiger partial charge >= 0.3 is 6.03 Å². The minimum absolute atomic E-state index is 0.0481. The van der Waals surface area contributed by atoms with Crippen molar-refractivity contribution in [3.63, 3.8) is 0 Å². The Morgan fingerprint density at radius 2 is 2.47 bits per heavy atom. The highest BCUT2D eigenvalue weighted by Crippen LogP contribution is 2.15. The molecule has 19 heavy (non-hydrogen) atoms. The van der Waals surface area contributed by atoms with E-state index in [1.165, 1.54) is 6.20 Å². The largest absolute Gasteiger partial charge is 0.323 e. The molecule has 1 aliphatic rings. The maximum atomic E-state index is 12.0. The lowest BCUT2D eigenvalue weighted by Crippen LogP contribution is -2.41. The van der Waals surface area contributed by atoms with E-state index in [4.69, 9.17) is 16.9 Å². The zero-order chi connectivity index (χ0) is 13.8. The molecule has 0 spiro atoms. The third-order valence-corrected chi connectivity index (χ3v) is 3.36. The van der Waals surface area contributed by atoms with Gasteiger partial charge in [0.05, 0.1) is 11.1 Å². The number of hydrogen-bond donors (Lipinski definition) is 1. The van der Waals surface area contributed by atoms with Crippen molar-refractivity contribution in [1.29, 1.82) is 5.26 Å². The van der Waals surface area contributed by atoms with Gasteiger partial charge in [0, 0.05) is 26.3 Å². The second-order valence-corrected chi connectivity index (χ2v) is 4.83. The second-order valence-electron chi connectivity index (χ2n) is 4.39. The predicted molar refractivity (Wildman–Crippen MR) is 71.6 cm³/mol. The molecular weight excluding hydrogens is 266 g/mol. The van der Waals surface area contributed by atoms with Gasteiger partial charge in [0.2, 0.25) is 0 Å². The molecule has 2 heterocycles. The summed E-state index contributed by atoms with van der Waals surface area (Å²) in [5, 5.41) is 12.0. The van der Waals surface area contributed by atoms with Crippen LogP contribution in [-0.4, -0.2) is 47.0 Å². The number of nitrogens with zero attached hydrogens (tertiary/aromatic N) is 4. The Labute approximate surface area is 116 Å². The van der Waals surface area contributed by atoms with Gasteiger partial charge in [0.15, 0.2) is 6.19 Å². The Bertz CT molecular complexity index is 498. The van der Waals surface area contributed by atoms with Crippen molar-refractivity contribution in [3.05, 3.63) is 23.4 Å². The summed E-state index contributed by atoms with van der Waals surface area (Å²) in [4.78, 5) is 19.3. The number of nitriles is 1. The van der Waals surface area contributed by atoms with Gasteiger partial charge in [-0.1, -0.05) is 11.6 Å². The maximum absolute atomic E-state index is 12.0. The van der Waals surface area contributed by atoms with E-state index in [0.29, 0.717) is 23.9 Å². The molecule has 2 rings (SSSR count). The molecule has 1 aromatic rings. The van der Waals surface area contributed by atoms with Gasteiger partial charge in [-0.2, -0.15) is 5.26 Å². The van der Waals surface area contributed by atoms with Crippen molar-refractivity contribution < 1.29 is 4.79 Å². The van der Waals surface area contributed by atoms with Gasteiger partial charge in [0.1, 0.15) is 5.82 Å². The number of likely N-dealkylation sites (tertiary alicyclic amines) is 1. The Balaban J connectivity index is 1.93. The first kappa shape index (κ1) is 13.4. The van der Waals surface area contributed by atoms with E-state index in [1.54, 1.807) is 29.0 Å². The van der Waals surface area contributed by atoms with Crippen molar-refractivity contribution in [2.45, 2.75) is 12.5 Å². The minimum atomic E-state index is -0.236. The van der Waals surface area contributed by atoms with E-state index < -0.39 is 0 Å². The molecule has 7 heteroatoms. The summed E-state index contributed by atoms with van der Waals surface area (Å²) in [7, 11) is 1.72. The molecule has 0 radical (unpaired) electrons. The van der Waals surface area contributed by atoms with E-state index in [2.05, 4.69) is 16.5 Å². The van der Waals surface area contributed by atoms with E-state index >= 15 is 0 Å². The van der Waals surface area contributed by atoms with Gasteiger partial charge in [-0.05, 0) is 18.6 Å². The highest BCUT2D eigenvalue weighted by atomic mass is 35.5. The number of rotatable bonds is 2. The summed E-state index contributed by atoms with van der Waals surface area (Å²) in [6.07, 6.45) is 4.37. The highest BCUT2D eigenvalue weighted by molar-refractivity contribution is 6.30. The fourth-order valence-corrected chi connectivity index (χ4v) is 2.07. The summed E-state index contributed by atoms with van der Waals surface area (Å²) in [6.45, 7) is 1.27. The van der Waals surface area contributed by atoms with E-state index in [-0.39, 0.29) is 12.1 Å². The number of carbonyl (C=O) groups is 1. The Hall–Kier alpha value is -2.00. The SMILES string of the molecule is CN(C(=O)Nc1ccc(Cl)cn1)C1CCN(C#N)C1. The van der Waals surface area contributed by atoms with Crippen LogP contribution in [0.2, 0.25) is 5.02 Å².